The summed E-state index contributed by atoms with van der Waals surface area (Å²) in [4.78, 5) is 27.0. The SMILES string of the molecule is O=C(NCCC=Cc1ccc(C(=O)O)cn1)OCC1c2ccccc2-c2ccccc21. The number of hydrogen-bond donors (Lipinski definition) is 2. The Labute approximate surface area is 180 Å². The first-order chi connectivity index (χ1) is 15.1. The first-order valence-electron chi connectivity index (χ1n) is 10.1. The largest absolute Gasteiger partial charge is 0.478 e. The smallest absolute Gasteiger partial charge is 0.407 e. The molecule has 0 unspecified atom stereocenters. The van der Waals surface area contributed by atoms with Crippen LogP contribution in [0.4, 0.5) is 4.79 Å². The highest BCUT2D eigenvalue weighted by atomic mass is 16.5. The zero-order valence-electron chi connectivity index (χ0n) is 16.8. The van der Waals surface area contributed by atoms with E-state index in [4.69, 9.17) is 9.84 Å². The van der Waals surface area contributed by atoms with Gasteiger partial charge in [-0.25, -0.2) is 9.59 Å². The van der Waals surface area contributed by atoms with Gasteiger partial charge in [-0.2, -0.15) is 0 Å². The Morgan fingerprint density at radius 2 is 1.68 bits per heavy atom. The second-order valence-corrected chi connectivity index (χ2v) is 7.22. The number of benzene rings is 2. The first-order valence-corrected chi connectivity index (χ1v) is 10.1. The molecule has 156 valence electrons. The lowest BCUT2D eigenvalue weighted by molar-refractivity contribution is 0.0696. The van der Waals surface area contributed by atoms with E-state index in [1.54, 1.807) is 12.1 Å². The molecule has 0 spiro atoms. The van der Waals surface area contributed by atoms with Crippen molar-refractivity contribution in [2.45, 2.75) is 12.3 Å². The van der Waals surface area contributed by atoms with E-state index in [1.165, 1.54) is 34.5 Å². The number of carbonyl (C=O) groups excluding carboxylic acids is 1. The van der Waals surface area contributed by atoms with Gasteiger partial charge in [0.25, 0.3) is 0 Å². The Bertz CT molecular complexity index is 1080. The summed E-state index contributed by atoms with van der Waals surface area (Å²) in [6, 6.07) is 19.6. The molecule has 1 aliphatic rings. The molecular formula is C25H22N2O4. The number of fused-ring (bicyclic) bond motifs is 3. The summed E-state index contributed by atoms with van der Waals surface area (Å²) in [7, 11) is 0. The number of amides is 1. The van der Waals surface area contributed by atoms with Crippen LogP contribution >= 0.6 is 0 Å². The molecule has 0 fully saturated rings. The molecule has 3 aromatic rings. The minimum Gasteiger partial charge on any atom is -0.478 e. The van der Waals surface area contributed by atoms with Crippen LogP contribution in [0.1, 0.15) is 39.5 Å². The van der Waals surface area contributed by atoms with Crippen LogP contribution in [0, 0.1) is 0 Å². The number of nitrogens with zero attached hydrogens (tertiary/aromatic N) is 1. The first kappa shape index (κ1) is 20.3. The van der Waals surface area contributed by atoms with Gasteiger partial charge in [0.05, 0.1) is 11.3 Å². The maximum Gasteiger partial charge on any atom is 0.407 e. The summed E-state index contributed by atoms with van der Waals surface area (Å²) in [5, 5.41) is 11.6. The number of rotatable bonds is 7. The molecule has 6 nitrogen and oxygen atoms in total. The molecule has 0 bridgehead atoms. The molecule has 0 saturated heterocycles. The number of hydrogen-bond acceptors (Lipinski definition) is 4. The molecule has 1 heterocycles. The van der Waals surface area contributed by atoms with Gasteiger partial charge in [0.1, 0.15) is 6.61 Å². The van der Waals surface area contributed by atoms with E-state index in [2.05, 4.69) is 34.6 Å². The van der Waals surface area contributed by atoms with Gasteiger partial charge in [-0.1, -0.05) is 54.6 Å². The summed E-state index contributed by atoms with van der Waals surface area (Å²) in [5.41, 5.74) is 5.56. The van der Waals surface area contributed by atoms with E-state index in [0.717, 1.165) is 0 Å². The van der Waals surface area contributed by atoms with Gasteiger partial charge in [0.2, 0.25) is 0 Å². The summed E-state index contributed by atoms with van der Waals surface area (Å²) in [6.45, 7) is 0.718. The van der Waals surface area contributed by atoms with Crippen LogP contribution in [0.25, 0.3) is 17.2 Å². The summed E-state index contributed by atoms with van der Waals surface area (Å²) in [6.07, 6.45) is 5.13. The molecule has 2 aromatic carbocycles. The Hall–Kier alpha value is -3.93. The molecule has 1 aromatic heterocycles. The van der Waals surface area contributed by atoms with Crippen molar-refractivity contribution in [2.75, 3.05) is 13.2 Å². The minimum absolute atomic E-state index is 0.0397. The number of pyridine rings is 1. The highest BCUT2D eigenvalue weighted by molar-refractivity contribution is 5.87. The van der Waals surface area contributed by atoms with E-state index in [-0.39, 0.29) is 18.1 Å². The maximum atomic E-state index is 12.1. The normalized spacial score (nSPS) is 12.4. The van der Waals surface area contributed by atoms with Gasteiger partial charge in [-0.3, -0.25) is 4.98 Å². The Kier molecular flexibility index (Phi) is 6.08. The number of aromatic nitrogens is 1. The average molecular weight is 414 g/mol. The van der Waals surface area contributed by atoms with Gasteiger partial charge in [-0.15, -0.1) is 0 Å². The molecule has 31 heavy (non-hydrogen) atoms. The molecule has 1 amide bonds. The lowest BCUT2D eigenvalue weighted by atomic mass is 9.98. The molecule has 2 N–H and O–H groups in total. The fourth-order valence-corrected chi connectivity index (χ4v) is 3.74. The number of alkyl carbamates (subject to hydrolysis) is 1. The van der Waals surface area contributed by atoms with E-state index >= 15 is 0 Å². The second kappa shape index (κ2) is 9.26. The quantitative estimate of drug-likeness (QED) is 0.546. The Morgan fingerprint density at radius 3 is 2.29 bits per heavy atom. The van der Waals surface area contributed by atoms with Crippen molar-refractivity contribution < 1.29 is 19.4 Å². The Balaban J connectivity index is 1.25. The van der Waals surface area contributed by atoms with Gasteiger partial charge >= 0.3 is 12.1 Å². The van der Waals surface area contributed by atoms with Crippen LogP contribution in [0.5, 0.6) is 0 Å². The van der Waals surface area contributed by atoms with Gasteiger partial charge < -0.3 is 15.2 Å². The number of carbonyl (C=O) groups is 2. The Morgan fingerprint density at radius 1 is 1.00 bits per heavy atom. The van der Waals surface area contributed by atoms with Crippen LogP contribution in [-0.2, 0) is 4.74 Å². The number of nitrogens with one attached hydrogen (secondary N) is 1. The van der Waals surface area contributed by atoms with Crippen LogP contribution in [-0.4, -0.2) is 35.3 Å². The van der Waals surface area contributed by atoms with Crippen molar-refractivity contribution in [1.82, 2.24) is 10.3 Å². The summed E-state index contributed by atoms with van der Waals surface area (Å²) >= 11 is 0. The maximum absolute atomic E-state index is 12.1. The number of aromatic carboxylic acids is 1. The lowest BCUT2D eigenvalue weighted by Crippen LogP contribution is -2.26. The predicted octanol–water partition coefficient (Wildman–Crippen LogP) is 4.72. The molecule has 4 rings (SSSR count). The fourth-order valence-electron chi connectivity index (χ4n) is 3.74. The molecule has 0 radical (unpaired) electrons. The van der Waals surface area contributed by atoms with E-state index in [1.807, 2.05) is 30.3 Å². The standard InChI is InChI=1S/C25H22N2O4/c28-24(29)17-12-13-18(27-15-17)7-5-6-14-26-25(30)31-16-23-21-10-3-1-8-19(21)20-9-2-4-11-22(20)23/h1-5,7-13,15,23H,6,14,16H2,(H,26,30)(H,28,29). The molecular weight excluding hydrogens is 392 g/mol. The topological polar surface area (TPSA) is 88.5 Å². The molecule has 1 aliphatic carbocycles. The van der Waals surface area contributed by atoms with Crippen LogP contribution in [0.2, 0.25) is 0 Å². The van der Waals surface area contributed by atoms with Crippen molar-refractivity contribution in [3.8, 4) is 11.1 Å². The van der Waals surface area contributed by atoms with Gasteiger partial charge in [0, 0.05) is 18.7 Å². The second-order valence-electron chi connectivity index (χ2n) is 7.22. The van der Waals surface area contributed by atoms with Crippen molar-refractivity contribution >= 4 is 18.1 Å². The highest BCUT2D eigenvalue weighted by Crippen LogP contribution is 2.44. The monoisotopic (exact) mass is 414 g/mol. The van der Waals surface area contributed by atoms with E-state index in [9.17, 15) is 9.59 Å². The molecule has 0 saturated carbocycles. The molecule has 0 aliphatic heterocycles. The lowest BCUT2D eigenvalue weighted by Gasteiger charge is -2.14. The van der Waals surface area contributed by atoms with Crippen molar-refractivity contribution in [2.24, 2.45) is 0 Å². The third kappa shape index (κ3) is 4.64. The average Bonchev–Trinajstić information content (AvgIpc) is 3.11. The number of ether oxygens (including phenoxy) is 1. The summed E-state index contributed by atoms with van der Waals surface area (Å²) in [5.74, 6) is -0.965. The van der Waals surface area contributed by atoms with Crippen molar-refractivity contribution in [1.29, 1.82) is 0 Å². The zero-order valence-corrected chi connectivity index (χ0v) is 16.8. The van der Waals surface area contributed by atoms with Gasteiger partial charge in [-0.05, 0) is 46.9 Å². The molecule has 6 heteroatoms. The van der Waals surface area contributed by atoms with Crippen LogP contribution in [0.15, 0.2) is 72.9 Å². The third-order valence-electron chi connectivity index (χ3n) is 5.25. The summed E-state index contributed by atoms with van der Waals surface area (Å²) < 4.78 is 5.50. The fraction of sp³-hybridized carbons (Fsp3) is 0.160. The predicted molar refractivity (Wildman–Crippen MR) is 118 cm³/mol. The minimum atomic E-state index is -1.00. The van der Waals surface area contributed by atoms with Gasteiger partial charge in [0.15, 0.2) is 0 Å². The van der Waals surface area contributed by atoms with Crippen molar-refractivity contribution in [3.63, 3.8) is 0 Å². The van der Waals surface area contributed by atoms with E-state index < -0.39 is 12.1 Å². The number of carboxylic acids is 1. The van der Waals surface area contributed by atoms with E-state index in [0.29, 0.717) is 18.7 Å². The third-order valence-corrected chi connectivity index (χ3v) is 5.25. The highest BCUT2D eigenvalue weighted by Gasteiger charge is 2.28. The number of carboxylic acid groups (broad SMARTS) is 1. The van der Waals surface area contributed by atoms with Crippen LogP contribution < -0.4 is 5.32 Å². The van der Waals surface area contributed by atoms with Crippen LogP contribution in [0.3, 0.4) is 0 Å². The van der Waals surface area contributed by atoms with Crippen molar-refractivity contribution in [3.05, 3.63) is 95.3 Å². The zero-order chi connectivity index (χ0) is 21.6. The molecule has 0 atom stereocenters.